The number of rotatable bonds is 5. The number of anilines is 3. The fourth-order valence-corrected chi connectivity index (χ4v) is 9.63. The van der Waals surface area contributed by atoms with Crippen molar-refractivity contribution in [2.75, 3.05) is 4.90 Å². The highest BCUT2D eigenvalue weighted by Gasteiger charge is 2.42. The van der Waals surface area contributed by atoms with Crippen LogP contribution >= 0.6 is 11.3 Å². The molecule has 9 aromatic rings. The van der Waals surface area contributed by atoms with Crippen LogP contribution in [-0.4, -0.2) is 0 Å². The van der Waals surface area contributed by atoms with Crippen molar-refractivity contribution in [3.8, 4) is 22.3 Å². The van der Waals surface area contributed by atoms with Crippen LogP contribution in [0.2, 0.25) is 0 Å². The third-order valence-electron chi connectivity index (χ3n) is 10.7. The zero-order chi connectivity index (χ0) is 33.2. The molecule has 0 unspecified atom stereocenters. The molecule has 0 aliphatic heterocycles. The van der Waals surface area contributed by atoms with E-state index in [1.165, 1.54) is 69.9 Å². The van der Waals surface area contributed by atoms with Gasteiger partial charge in [0, 0.05) is 42.3 Å². The van der Waals surface area contributed by atoms with E-state index < -0.39 is 0 Å². The van der Waals surface area contributed by atoms with Crippen LogP contribution in [0.15, 0.2) is 182 Å². The molecular formula is C48H33NS. The maximum absolute atomic E-state index is 2.49. The van der Waals surface area contributed by atoms with Gasteiger partial charge >= 0.3 is 0 Å². The molecule has 0 saturated carbocycles. The minimum Gasteiger partial charge on any atom is -0.310 e. The Kier molecular flexibility index (Phi) is 6.55. The van der Waals surface area contributed by atoms with Gasteiger partial charge in [0.05, 0.1) is 5.69 Å². The molecule has 236 valence electrons. The van der Waals surface area contributed by atoms with Gasteiger partial charge in [0.1, 0.15) is 0 Å². The van der Waals surface area contributed by atoms with Gasteiger partial charge in [0.15, 0.2) is 0 Å². The molecule has 50 heavy (non-hydrogen) atoms. The van der Waals surface area contributed by atoms with Crippen LogP contribution in [-0.2, 0) is 5.41 Å². The lowest BCUT2D eigenvalue weighted by atomic mass is 9.73. The summed E-state index contributed by atoms with van der Waals surface area (Å²) in [6.45, 7) is 2.44. The van der Waals surface area contributed by atoms with Gasteiger partial charge in [0.25, 0.3) is 0 Å². The molecular weight excluding hydrogens is 623 g/mol. The number of benzene rings is 8. The van der Waals surface area contributed by atoms with Crippen LogP contribution in [0.4, 0.5) is 17.1 Å². The maximum atomic E-state index is 2.49. The van der Waals surface area contributed by atoms with Crippen LogP contribution < -0.4 is 4.90 Å². The number of nitrogens with zero attached hydrogens (tertiary/aromatic N) is 1. The van der Waals surface area contributed by atoms with Crippen molar-refractivity contribution in [2.45, 2.75) is 12.3 Å². The lowest BCUT2D eigenvalue weighted by Gasteiger charge is -2.32. The Morgan fingerprint density at radius 3 is 1.80 bits per heavy atom. The van der Waals surface area contributed by atoms with E-state index >= 15 is 0 Å². The second-order valence-corrected chi connectivity index (χ2v) is 14.5. The molecule has 1 aromatic heterocycles. The van der Waals surface area contributed by atoms with E-state index in [-0.39, 0.29) is 5.41 Å². The van der Waals surface area contributed by atoms with Crippen molar-refractivity contribution in [3.63, 3.8) is 0 Å². The topological polar surface area (TPSA) is 3.24 Å². The first-order valence-electron chi connectivity index (χ1n) is 17.3. The van der Waals surface area contributed by atoms with Crippen LogP contribution in [0.1, 0.15) is 23.6 Å². The van der Waals surface area contributed by atoms with Crippen LogP contribution in [0, 0.1) is 0 Å². The van der Waals surface area contributed by atoms with Gasteiger partial charge in [-0.3, -0.25) is 0 Å². The van der Waals surface area contributed by atoms with Gasteiger partial charge in [-0.25, -0.2) is 0 Å². The molecule has 0 atom stereocenters. The van der Waals surface area contributed by atoms with Gasteiger partial charge in [-0.15, -0.1) is 11.3 Å². The van der Waals surface area contributed by atoms with Gasteiger partial charge in [-0.2, -0.15) is 0 Å². The lowest BCUT2D eigenvalue weighted by molar-refractivity contribution is 0.722. The van der Waals surface area contributed by atoms with E-state index in [1.54, 1.807) is 0 Å². The number of hydrogen-bond donors (Lipinski definition) is 0. The highest BCUT2D eigenvalue weighted by Crippen LogP contribution is 2.56. The first-order chi connectivity index (χ1) is 24.7. The average Bonchev–Trinajstić information content (AvgIpc) is 3.69. The van der Waals surface area contributed by atoms with Gasteiger partial charge in [-0.1, -0.05) is 146 Å². The molecule has 0 saturated heterocycles. The largest absolute Gasteiger partial charge is 0.310 e. The van der Waals surface area contributed by atoms with E-state index in [0.29, 0.717) is 0 Å². The van der Waals surface area contributed by atoms with E-state index in [1.807, 2.05) is 11.3 Å². The zero-order valence-corrected chi connectivity index (χ0v) is 28.5. The predicted octanol–water partition coefficient (Wildman–Crippen LogP) is 13.7. The van der Waals surface area contributed by atoms with Gasteiger partial charge < -0.3 is 4.90 Å². The summed E-state index contributed by atoms with van der Waals surface area (Å²) in [6, 6.07) is 67.0. The number of thiophene rings is 1. The van der Waals surface area contributed by atoms with E-state index in [9.17, 15) is 0 Å². The fraction of sp³-hybridized carbons (Fsp3) is 0.0417. The average molecular weight is 656 g/mol. The van der Waals surface area contributed by atoms with Gasteiger partial charge in [0.2, 0.25) is 0 Å². The quantitative estimate of drug-likeness (QED) is 0.178. The second kappa shape index (κ2) is 11.3. The third kappa shape index (κ3) is 4.32. The molecule has 0 radical (unpaired) electrons. The summed E-state index contributed by atoms with van der Waals surface area (Å²) in [4.78, 5) is 2.47. The molecule has 1 aliphatic rings. The Labute approximate surface area is 296 Å². The minimum absolute atomic E-state index is 0.343. The van der Waals surface area contributed by atoms with Crippen molar-refractivity contribution >= 4 is 59.3 Å². The zero-order valence-electron chi connectivity index (χ0n) is 27.7. The minimum atomic E-state index is -0.343. The Balaban J connectivity index is 1.29. The number of fused-ring (bicyclic) bond motifs is 7. The maximum Gasteiger partial charge on any atom is 0.0540 e. The second-order valence-electron chi connectivity index (χ2n) is 13.4. The Hall–Kier alpha value is -5.96. The summed E-state index contributed by atoms with van der Waals surface area (Å²) in [5.41, 5.74) is 12.2. The Morgan fingerprint density at radius 2 is 1.04 bits per heavy atom. The van der Waals surface area contributed by atoms with Crippen molar-refractivity contribution in [1.82, 2.24) is 0 Å². The summed E-state index contributed by atoms with van der Waals surface area (Å²) in [5, 5.41) is 5.05. The molecule has 0 bridgehead atoms. The molecule has 0 N–H and O–H groups in total. The van der Waals surface area contributed by atoms with Gasteiger partial charge in [-0.05, 0) is 87.7 Å². The number of hydrogen-bond acceptors (Lipinski definition) is 2. The summed E-state index contributed by atoms with van der Waals surface area (Å²) >= 11 is 1.92. The summed E-state index contributed by atoms with van der Waals surface area (Å²) in [7, 11) is 0. The molecule has 1 aliphatic carbocycles. The van der Waals surface area contributed by atoms with E-state index in [0.717, 1.165) is 17.1 Å². The van der Waals surface area contributed by atoms with Crippen molar-refractivity contribution in [3.05, 3.63) is 199 Å². The molecule has 0 spiro atoms. The van der Waals surface area contributed by atoms with Crippen molar-refractivity contribution in [1.29, 1.82) is 0 Å². The standard InChI is InChI=1S/C48H33NS/c1-48(42-22-10-7-19-38(42)39-20-8-11-23-43(39)48)44-31-36(30-41-40-21-9-12-25-46(40)50-47(41)44)49(45-24-13-17-34-16-5-6-18-37(34)45)35-28-26-33(27-29-35)32-14-3-2-4-15-32/h2-31H,1H3. The first-order valence-corrected chi connectivity index (χ1v) is 18.1. The summed E-state index contributed by atoms with van der Waals surface area (Å²) in [5.74, 6) is 0. The van der Waals surface area contributed by atoms with Crippen molar-refractivity contribution in [2.24, 2.45) is 0 Å². The molecule has 1 heterocycles. The summed E-state index contributed by atoms with van der Waals surface area (Å²) in [6.07, 6.45) is 0. The summed E-state index contributed by atoms with van der Waals surface area (Å²) < 4.78 is 2.66. The fourth-order valence-electron chi connectivity index (χ4n) is 8.32. The lowest BCUT2D eigenvalue weighted by Crippen LogP contribution is -2.23. The monoisotopic (exact) mass is 655 g/mol. The molecule has 2 heteroatoms. The van der Waals surface area contributed by atoms with E-state index in [2.05, 4.69) is 194 Å². The molecule has 1 nitrogen and oxygen atoms in total. The highest BCUT2D eigenvalue weighted by atomic mass is 32.1. The third-order valence-corrected chi connectivity index (χ3v) is 11.9. The Morgan fingerprint density at radius 1 is 0.440 bits per heavy atom. The van der Waals surface area contributed by atoms with Crippen molar-refractivity contribution < 1.29 is 0 Å². The van der Waals surface area contributed by atoms with E-state index in [4.69, 9.17) is 0 Å². The molecule has 10 rings (SSSR count). The van der Waals surface area contributed by atoms with Crippen LogP contribution in [0.25, 0.3) is 53.2 Å². The first kappa shape index (κ1) is 29.0. The molecule has 8 aromatic carbocycles. The van der Waals surface area contributed by atoms with Crippen LogP contribution in [0.5, 0.6) is 0 Å². The normalized spacial score (nSPS) is 13.1. The Bertz CT molecular complexity index is 2670. The molecule has 0 amide bonds. The predicted molar refractivity (Wildman–Crippen MR) is 214 cm³/mol. The molecule has 0 fully saturated rings. The SMILES string of the molecule is CC1(c2cc(N(c3ccc(-c4ccccc4)cc3)c3cccc4ccccc34)cc3c2sc2ccccc23)c2ccccc2-c2ccccc21. The van der Waals surface area contributed by atoms with Crippen LogP contribution in [0.3, 0.4) is 0 Å². The highest BCUT2D eigenvalue weighted by molar-refractivity contribution is 7.26. The smallest absolute Gasteiger partial charge is 0.0540 e.